The number of anilines is 1. The molecule has 0 spiro atoms. The van der Waals surface area contributed by atoms with Gasteiger partial charge in [-0.3, -0.25) is 4.79 Å². The van der Waals surface area contributed by atoms with E-state index in [2.05, 4.69) is 21.2 Å². The Morgan fingerprint density at radius 1 is 1.14 bits per heavy atom. The van der Waals surface area contributed by atoms with E-state index in [1.54, 1.807) is 6.07 Å². The molecule has 1 amide bonds. The highest BCUT2D eigenvalue weighted by atomic mass is 79.9. The third-order valence-electron chi connectivity index (χ3n) is 2.78. The lowest BCUT2D eigenvalue weighted by Gasteiger charge is -2.10. The number of benzene rings is 2. The molecule has 2 aromatic carbocycles. The van der Waals surface area contributed by atoms with Crippen molar-refractivity contribution < 1.29 is 9.53 Å². The Morgan fingerprint density at radius 2 is 1.82 bits per heavy atom. The number of amides is 1. The predicted molar refractivity (Wildman–Crippen MR) is 94.5 cm³/mol. The van der Waals surface area contributed by atoms with Gasteiger partial charge in [-0.25, -0.2) is 0 Å². The average Bonchev–Trinajstić information content (AvgIpc) is 2.46. The second-order valence-electron chi connectivity index (χ2n) is 4.49. The molecule has 2 rings (SSSR count). The molecule has 0 radical (unpaired) electrons. The van der Waals surface area contributed by atoms with Gasteiger partial charge in [-0.05, 0) is 42.8 Å². The summed E-state index contributed by atoms with van der Waals surface area (Å²) in [7, 11) is 0. The number of carbonyl (C=O) groups excluding carboxylic acids is 1. The molecule has 22 heavy (non-hydrogen) atoms. The van der Waals surface area contributed by atoms with Crippen molar-refractivity contribution in [3.63, 3.8) is 0 Å². The van der Waals surface area contributed by atoms with E-state index in [4.69, 9.17) is 39.5 Å². The first kappa shape index (κ1) is 17.4. The van der Waals surface area contributed by atoms with Crippen LogP contribution < -0.4 is 10.1 Å². The number of rotatable bonds is 4. The smallest absolute Gasteiger partial charge is 0.262 e. The highest BCUT2D eigenvalue weighted by Crippen LogP contribution is 2.32. The van der Waals surface area contributed by atoms with E-state index in [1.807, 2.05) is 19.1 Å². The third-order valence-corrected chi connectivity index (χ3v) is 4.71. The second-order valence-corrected chi connectivity index (χ2v) is 6.57. The fourth-order valence-corrected chi connectivity index (χ4v) is 2.50. The van der Waals surface area contributed by atoms with Crippen LogP contribution in [0.5, 0.6) is 5.75 Å². The quantitative estimate of drug-likeness (QED) is 0.638. The van der Waals surface area contributed by atoms with Gasteiger partial charge in [0, 0.05) is 4.47 Å². The van der Waals surface area contributed by atoms with Crippen LogP contribution in [0, 0.1) is 6.92 Å². The van der Waals surface area contributed by atoms with Gasteiger partial charge in [-0.1, -0.05) is 50.7 Å². The number of hydrogen-bond acceptors (Lipinski definition) is 2. The van der Waals surface area contributed by atoms with Crippen molar-refractivity contribution in [2.45, 2.75) is 6.92 Å². The topological polar surface area (TPSA) is 38.3 Å². The maximum atomic E-state index is 11.9. The highest BCUT2D eigenvalue weighted by Gasteiger charge is 2.10. The average molecular weight is 424 g/mol. The molecular formula is C15H11BrCl3NO2. The number of halogens is 4. The Bertz CT molecular complexity index is 722. The summed E-state index contributed by atoms with van der Waals surface area (Å²) in [6, 6.07) is 8.44. The lowest BCUT2D eigenvalue weighted by atomic mass is 10.2. The Labute approximate surface area is 151 Å². The Kier molecular flexibility index (Phi) is 5.98. The number of hydrogen-bond donors (Lipinski definition) is 1. The van der Waals surface area contributed by atoms with Crippen LogP contribution in [0.4, 0.5) is 5.69 Å². The molecule has 2 aromatic rings. The lowest BCUT2D eigenvalue weighted by Crippen LogP contribution is -2.20. The number of aryl methyl sites for hydroxylation is 1. The van der Waals surface area contributed by atoms with Crippen molar-refractivity contribution in [3.05, 3.63) is 55.4 Å². The molecule has 1 N–H and O–H groups in total. The van der Waals surface area contributed by atoms with Crippen molar-refractivity contribution in [2.24, 2.45) is 0 Å². The van der Waals surface area contributed by atoms with E-state index in [0.717, 1.165) is 10.0 Å². The van der Waals surface area contributed by atoms with Crippen LogP contribution in [0.2, 0.25) is 15.1 Å². The lowest BCUT2D eigenvalue weighted by molar-refractivity contribution is -0.118. The summed E-state index contributed by atoms with van der Waals surface area (Å²) < 4.78 is 6.41. The summed E-state index contributed by atoms with van der Waals surface area (Å²) in [5.74, 6) is 0.261. The van der Waals surface area contributed by atoms with Crippen LogP contribution in [0.1, 0.15) is 5.56 Å². The fraction of sp³-hybridized carbons (Fsp3) is 0.133. The van der Waals surface area contributed by atoms with E-state index in [1.165, 1.54) is 12.1 Å². The molecule has 7 heteroatoms. The van der Waals surface area contributed by atoms with Gasteiger partial charge in [-0.2, -0.15) is 0 Å². The molecule has 0 fully saturated rings. The molecule has 0 bridgehead atoms. The predicted octanol–water partition coefficient (Wildman–Crippen LogP) is 5.74. The van der Waals surface area contributed by atoms with Gasteiger partial charge in [0.05, 0.1) is 20.8 Å². The van der Waals surface area contributed by atoms with Gasteiger partial charge in [0.25, 0.3) is 5.91 Å². The third kappa shape index (κ3) is 4.53. The van der Waals surface area contributed by atoms with Crippen molar-refractivity contribution in [3.8, 4) is 5.75 Å². The summed E-state index contributed by atoms with van der Waals surface area (Å²) in [5.41, 5.74) is 1.40. The van der Waals surface area contributed by atoms with E-state index in [-0.39, 0.29) is 12.5 Å². The van der Waals surface area contributed by atoms with Gasteiger partial charge in [0.1, 0.15) is 5.75 Å². The Morgan fingerprint density at radius 3 is 2.50 bits per heavy atom. The largest absolute Gasteiger partial charge is 0.484 e. The maximum absolute atomic E-state index is 11.9. The maximum Gasteiger partial charge on any atom is 0.262 e. The van der Waals surface area contributed by atoms with Gasteiger partial charge in [0.15, 0.2) is 6.61 Å². The minimum Gasteiger partial charge on any atom is -0.484 e. The standard InChI is InChI=1S/C15H11BrCl3NO2/c1-8-4-9(2-3-10(8)16)22-7-15(21)20-14-6-12(18)11(17)5-13(14)19/h2-6H,7H2,1H3,(H,20,21). The first-order chi connectivity index (χ1) is 10.4. The summed E-state index contributed by atoms with van der Waals surface area (Å²) in [4.78, 5) is 11.9. The Balaban J connectivity index is 1.98. The number of ether oxygens (including phenoxy) is 1. The molecule has 0 saturated carbocycles. The van der Waals surface area contributed by atoms with Crippen molar-refractivity contribution in [2.75, 3.05) is 11.9 Å². The summed E-state index contributed by atoms with van der Waals surface area (Å²) in [6.45, 7) is 1.80. The van der Waals surface area contributed by atoms with Crippen molar-refractivity contribution >= 4 is 62.3 Å². The first-order valence-electron chi connectivity index (χ1n) is 6.20. The molecule has 0 heterocycles. The number of nitrogens with one attached hydrogen (secondary N) is 1. The normalized spacial score (nSPS) is 10.4. The molecular weight excluding hydrogens is 412 g/mol. The van der Waals surface area contributed by atoms with Crippen LogP contribution in [-0.4, -0.2) is 12.5 Å². The van der Waals surface area contributed by atoms with Crippen LogP contribution >= 0.6 is 50.7 Å². The van der Waals surface area contributed by atoms with Gasteiger partial charge in [-0.15, -0.1) is 0 Å². The molecule has 0 unspecified atom stereocenters. The van der Waals surface area contributed by atoms with E-state index in [0.29, 0.717) is 26.5 Å². The molecule has 0 aliphatic rings. The SMILES string of the molecule is Cc1cc(OCC(=O)Nc2cc(Cl)c(Cl)cc2Cl)ccc1Br. The molecule has 0 saturated heterocycles. The van der Waals surface area contributed by atoms with E-state index >= 15 is 0 Å². The fourth-order valence-electron chi connectivity index (χ4n) is 1.66. The van der Waals surface area contributed by atoms with Gasteiger partial charge >= 0.3 is 0 Å². The van der Waals surface area contributed by atoms with Crippen LogP contribution in [0.25, 0.3) is 0 Å². The number of carbonyl (C=O) groups is 1. The van der Waals surface area contributed by atoms with Crippen molar-refractivity contribution in [1.82, 2.24) is 0 Å². The zero-order valence-corrected chi connectivity index (χ0v) is 15.3. The summed E-state index contributed by atoms with van der Waals surface area (Å²) in [6.07, 6.45) is 0. The van der Waals surface area contributed by atoms with Crippen LogP contribution in [0.15, 0.2) is 34.8 Å². The van der Waals surface area contributed by atoms with Crippen LogP contribution in [-0.2, 0) is 4.79 Å². The monoisotopic (exact) mass is 421 g/mol. The molecule has 0 aliphatic heterocycles. The minimum atomic E-state index is -0.346. The van der Waals surface area contributed by atoms with Crippen molar-refractivity contribution in [1.29, 1.82) is 0 Å². The van der Waals surface area contributed by atoms with E-state index in [9.17, 15) is 4.79 Å². The summed E-state index contributed by atoms with van der Waals surface area (Å²) in [5, 5.41) is 3.57. The molecule has 0 aromatic heterocycles. The summed E-state index contributed by atoms with van der Waals surface area (Å²) >= 11 is 21.1. The minimum absolute atomic E-state index is 0.141. The van der Waals surface area contributed by atoms with E-state index < -0.39 is 0 Å². The zero-order chi connectivity index (χ0) is 16.3. The zero-order valence-electron chi connectivity index (χ0n) is 11.4. The first-order valence-corrected chi connectivity index (χ1v) is 8.13. The molecule has 0 atom stereocenters. The molecule has 116 valence electrons. The highest BCUT2D eigenvalue weighted by molar-refractivity contribution is 9.10. The Hall–Kier alpha value is -0.940. The molecule has 0 aliphatic carbocycles. The van der Waals surface area contributed by atoms with Gasteiger partial charge in [0.2, 0.25) is 0 Å². The van der Waals surface area contributed by atoms with Crippen LogP contribution in [0.3, 0.4) is 0 Å². The second kappa shape index (κ2) is 7.55. The van der Waals surface area contributed by atoms with Gasteiger partial charge < -0.3 is 10.1 Å². The molecule has 3 nitrogen and oxygen atoms in total.